The highest BCUT2D eigenvalue weighted by Crippen LogP contribution is 2.27. The fourth-order valence-electron chi connectivity index (χ4n) is 2.74. The minimum atomic E-state index is -1.10. The van der Waals surface area contributed by atoms with Gasteiger partial charge in [0, 0.05) is 12.7 Å². The summed E-state index contributed by atoms with van der Waals surface area (Å²) in [6.45, 7) is 0.533. The van der Waals surface area contributed by atoms with Crippen LogP contribution >= 0.6 is 11.6 Å². The first-order valence-corrected chi connectivity index (χ1v) is 8.44. The molecule has 0 amide bonds. The quantitative estimate of drug-likeness (QED) is 0.668. The number of rotatable bonds is 6. The highest BCUT2D eigenvalue weighted by atomic mass is 35.5. The van der Waals surface area contributed by atoms with Gasteiger partial charge in [-0.25, -0.2) is 19.2 Å². The van der Waals surface area contributed by atoms with Gasteiger partial charge in [0.1, 0.15) is 23.2 Å². The van der Waals surface area contributed by atoms with Crippen molar-refractivity contribution in [2.45, 2.75) is 6.04 Å². The molecular formula is C18H17ClFN5O2. The molecule has 3 aromatic rings. The van der Waals surface area contributed by atoms with Crippen LogP contribution in [0.3, 0.4) is 0 Å². The van der Waals surface area contributed by atoms with E-state index in [0.29, 0.717) is 23.4 Å². The van der Waals surface area contributed by atoms with Gasteiger partial charge in [0.05, 0.1) is 16.6 Å². The number of likely N-dealkylation sites (N-methyl/N-ethyl adjacent to an activating group) is 1. The van der Waals surface area contributed by atoms with Crippen molar-refractivity contribution in [3.63, 3.8) is 0 Å². The first-order valence-electron chi connectivity index (χ1n) is 8.06. The highest BCUT2D eigenvalue weighted by molar-refractivity contribution is 6.30. The number of hydrogen-bond donors (Lipinski definition) is 2. The maximum absolute atomic E-state index is 13.9. The zero-order valence-corrected chi connectivity index (χ0v) is 15.4. The Balaban J connectivity index is 2.04. The largest absolute Gasteiger partial charge is 0.478 e. The van der Waals surface area contributed by atoms with Crippen LogP contribution in [0.15, 0.2) is 36.8 Å². The van der Waals surface area contributed by atoms with Crippen molar-refractivity contribution in [3.05, 3.63) is 58.8 Å². The van der Waals surface area contributed by atoms with Gasteiger partial charge in [-0.2, -0.15) is 0 Å². The minimum Gasteiger partial charge on any atom is -0.478 e. The fraction of sp³-hybridized carbons (Fsp3) is 0.222. The summed E-state index contributed by atoms with van der Waals surface area (Å²) in [5, 5.41) is 12.6. The summed E-state index contributed by atoms with van der Waals surface area (Å²) in [6, 6.07) is 5.64. The molecule has 0 fully saturated rings. The van der Waals surface area contributed by atoms with Gasteiger partial charge >= 0.3 is 5.97 Å². The summed E-state index contributed by atoms with van der Waals surface area (Å²) in [4.78, 5) is 25.8. The molecule has 1 aromatic carbocycles. The van der Waals surface area contributed by atoms with Crippen LogP contribution in [-0.4, -0.2) is 51.6 Å². The zero-order chi connectivity index (χ0) is 19.6. The van der Waals surface area contributed by atoms with Crippen LogP contribution in [0.4, 0.5) is 10.2 Å². The summed E-state index contributed by atoms with van der Waals surface area (Å²) in [5.74, 6) is -1.25. The Bertz CT molecular complexity index is 999. The van der Waals surface area contributed by atoms with Crippen LogP contribution in [0, 0.1) is 5.82 Å². The van der Waals surface area contributed by atoms with Crippen molar-refractivity contribution in [1.82, 2.24) is 19.9 Å². The normalized spacial score (nSPS) is 12.3. The first kappa shape index (κ1) is 18.9. The smallest absolute Gasteiger partial charge is 0.338 e. The molecule has 2 N–H and O–H groups in total. The van der Waals surface area contributed by atoms with E-state index < -0.39 is 11.8 Å². The lowest BCUT2D eigenvalue weighted by molar-refractivity contribution is 0.0698. The number of aromatic nitrogens is 3. The lowest BCUT2D eigenvalue weighted by Gasteiger charge is -2.24. The first-order chi connectivity index (χ1) is 12.9. The number of fused-ring (bicyclic) bond motifs is 1. The second kappa shape index (κ2) is 7.81. The molecule has 27 heavy (non-hydrogen) atoms. The van der Waals surface area contributed by atoms with Gasteiger partial charge in [0.25, 0.3) is 0 Å². The van der Waals surface area contributed by atoms with Gasteiger partial charge in [-0.05, 0) is 37.9 Å². The second-order valence-electron chi connectivity index (χ2n) is 6.22. The molecule has 2 heterocycles. The third-order valence-electron chi connectivity index (χ3n) is 3.96. The van der Waals surface area contributed by atoms with Crippen LogP contribution in [-0.2, 0) is 0 Å². The van der Waals surface area contributed by atoms with E-state index in [-0.39, 0.29) is 22.1 Å². The van der Waals surface area contributed by atoms with Crippen LogP contribution in [0.2, 0.25) is 5.02 Å². The van der Waals surface area contributed by atoms with Gasteiger partial charge in [-0.1, -0.05) is 17.7 Å². The van der Waals surface area contributed by atoms with Crippen molar-refractivity contribution >= 4 is 34.4 Å². The van der Waals surface area contributed by atoms with Crippen molar-refractivity contribution in [2.24, 2.45) is 0 Å². The standard InChI is InChI=1S/C18H17ClFN5O2/c1-25(2)8-14(10-3-4-12(19)13(20)7-10)24-17-16-15(22-9-23-17)11(18(26)27)5-6-21-16/h3-7,9,14H,8H2,1-2H3,(H,26,27)(H,22,23,24)/t14-/m1/s1. The molecular weight excluding hydrogens is 373 g/mol. The number of anilines is 1. The Morgan fingerprint density at radius 1 is 1.26 bits per heavy atom. The highest BCUT2D eigenvalue weighted by Gasteiger charge is 2.19. The minimum absolute atomic E-state index is 0.0344. The molecule has 0 aliphatic rings. The van der Waals surface area contributed by atoms with E-state index in [9.17, 15) is 14.3 Å². The van der Waals surface area contributed by atoms with E-state index in [4.69, 9.17) is 11.6 Å². The van der Waals surface area contributed by atoms with Crippen molar-refractivity contribution in [1.29, 1.82) is 0 Å². The third kappa shape index (κ3) is 4.12. The summed E-state index contributed by atoms with van der Waals surface area (Å²) < 4.78 is 13.9. The Kier molecular flexibility index (Phi) is 5.48. The maximum Gasteiger partial charge on any atom is 0.338 e. The van der Waals surface area contributed by atoms with Crippen LogP contribution in [0.1, 0.15) is 22.0 Å². The monoisotopic (exact) mass is 389 g/mol. The molecule has 0 aliphatic heterocycles. The summed E-state index contributed by atoms with van der Waals surface area (Å²) >= 11 is 5.78. The lowest BCUT2D eigenvalue weighted by Crippen LogP contribution is -2.26. The van der Waals surface area contributed by atoms with Crippen molar-refractivity contribution in [3.8, 4) is 0 Å². The van der Waals surface area contributed by atoms with Crippen LogP contribution in [0.25, 0.3) is 11.0 Å². The number of hydrogen-bond acceptors (Lipinski definition) is 6. The number of benzene rings is 1. The topological polar surface area (TPSA) is 91.2 Å². The van der Waals surface area contributed by atoms with E-state index in [1.807, 2.05) is 19.0 Å². The molecule has 0 spiro atoms. The van der Waals surface area contributed by atoms with Gasteiger partial charge in [-0.3, -0.25) is 4.98 Å². The molecule has 1 atom stereocenters. The summed E-state index contributed by atoms with van der Waals surface area (Å²) in [7, 11) is 3.78. The van der Waals surface area contributed by atoms with Gasteiger partial charge in [0.2, 0.25) is 0 Å². The summed E-state index contributed by atoms with van der Waals surface area (Å²) in [6.07, 6.45) is 2.66. The van der Waals surface area contributed by atoms with Gasteiger partial charge in [0.15, 0.2) is 5.82 Å². The van der Waals surface area contributed by atoms with Crippen molar-refractivity contribution < 1.29 is 14.3 Å². The van der Waals surface area contributed by atoms with E-state index >= 15 is 0 Å². The molecule has 9 heteroatoms. The van der Waals surface area contributed by atoms with Gasteiger partial charge < -0.3 is 15.3 Å². The molecule has 2 aromatic heterocycles. The van der Waals surface area contributed by atoms with E-state index in [1.165, 1.54) is 30.7 Å². The SMILES string of the molecule is CN(C)C[C@@H](Nc1ncnc2c(C(=O)O)ccnc12)c1ccc(Cl)c(F)c1. The molecule has 0 bridgehead atoms. The van der Waals surface area contributed by atoms with E-state index in [1.54, 1.807) is 6.07 Å². The predicted octanol–water partition coefficient (Wildman–Crippen LogP) is 3.23. The van der Waals surface area contributed by atoms with Crippen molar-refractivity contribution in [2.75, 3.05) is 26.0 Å². The number of nitrogens with zero attached hydrogens (tertiary/aromatic N) is 4. The molecule has 0 saturated heterocycles. The molecule has 0 unspecified atom stereocenters. The number of carbonyl (C=O) groups is 1. The second-order valence-corrected chi connectivity index (χ2v) is 6.62. The molecule has 140 valence electrons. The maximum atomic E-state index is 13.9. The Morgan fingerprint density at radius 3 is 2.70 bits per heavy atom. The Hall–Kier alpha value is -2.84. The predicted molar refractivity (Wildman–Crippen MR) is 101 cm³/mol. The van der Waals surface area contributed by atoms with Gasteiger partial charge in [-0.15, -0.1) is 0 Å². The Morgan fingerprint density at radius 2 is 2.04 bits per heavy atom. The van der Waals surface area contributed by atoms with Crippen LogP contribution < -0.4 is 5.32 Å². The molecule has 7 nitrogen and oxygen atoms in total. The molecule has 0 aliphatic carbocycles. The summed E-state index contributed by atoms with van der Waals surface area (Å²) in [5.41, 5.74) is 1.27. The zero-order valence-electron chi connectivity index (χ0n) is 14.6. The number of carboxylic acids is 1. The van der Waals surface area contributed by atoms with E-state index in [2.05, 4.69) is 20.3 Å². The third-order valence-corrected chi connectivity index (χ3v) is 4.26. The Labute approximate surface area is 159 Å². The number of halogens is 2. The lowest BCUT2D eigenvalue weighted by atomic mass is 10.1. The number of nitrogens with one attached hydrogen (secondary N) is 1. The fourth-order valence-corrected chi connectivity index (χ4v) is 2.85. The molecule has 3 rings (SSSR count). The molecule has 0 saturated carbocycles. The number of pyridine rings is 1. The number of carboxylic acid groups (broad SMARTS) is 1. The average molecular weight is 390 g/mol. The van der Waals surface area contributed by atoms with E-state index in [0.717, 1.165) is 0 Å². The average Bonchev–Trinajstić information content (AvgIpc) is 2.62. The number of aromatic carboxylic acids is 1. The molecule has 0 radical (unpaired) electrons. The van der Waals surface area contributed by atoms with Crippen LogP contribution in [0.5, 0.6) is 0 Å².